The molecule has 18 heavy (non-hydrogen) atoms. The van der Waals surface area contributed by atoms with Crippen molar-refractivity contribution in [1.82, 2.24) is 15.1 Å². The van der Waals surface area contributed by atoms with Gasteiger partial charge >= 0.3 is 0 Å². The highest BCUT2D eigenvalue weighted by atomic mass is 15.3. The summed E-state index contributed by atoms with van der Waals surface area (Å²) in [6.07, 6.45) is 2.03. The molecule has 0 spiro atoms. The molecular formula is C15H21N3. The molecule has 3 nitrogen and oxygen atoms in total. The molecule has 0 bridgehead atoms. The van der Waals surface area contributed by atoms with E-state index in [-0.39, 0.29) is 0 Å². The third kappa shape index (κ3) is 2.79. The van der Waals surface area contributed by atoms with E-state index < -0.39 is 0 Å². The molecule has 0 aliphatic heterocycles. The lowest BCUT2D eigenvalue weighted by Crippen LogP contribution is -2.25. The number of hydrogen-bond donors (Lipinski definition) is 1. The first-order valence-corrected chi connectivity index (χ1v) is 6.56. The monoisotopic (exact) mass is 243 g/mol. The van der Waals surface area contributed by atoms with E-state index >= 15 is 0 Å². The molecule has 2 rings (SSSR count). The highest BCUT2D eigenvalue weighted by Gasteiger charge is 2.17. The molecule has 96 valence electrons. The summed E-state index contributed by atoms with van der Waals surface area (Å²) in [4.78, 5) is 0. The van der Waals surface area contributed by atoms with Gasteiger partial charge in [-0.25, -0.2) is 4.68 Å². The van der Waals surface area contributed by atoms with Crippen LogP contribution in [0.15, 0.2) is 42.6 Å². The summed E-state index contributed by atoms with van der Waals surface area (Å²) in [6.45, 7) is 7.52. The van der Waals surface area contributed by atoms with Gasteiger partial charge in [-0.3, -0.25) is 0 Å². The lowest BCUT2D eigenvalue weighted by molar-refractivity contribution is 0.411. The Morgan fingerprint density at radius 2 is 1.89 bits per heavy atom. The van der Waals surface area contributed by atoms with E-state index in [2.05, 4.69) is 49.4 Å². The van der Waals surface area contributed by atoms with Gasteiger partial charge in [0.25, 0.3) is 0 Å². The number of para-hydroxylation sites is 1. The molecule has 0 saturated heterocycles. The SMILES string of the molecule is CCNC(c1ccn(-c2ccccc2)n1)C(C)C. The average molecular weight is 243 g/mol. The second-order valence-electron chi connectivity index (χ2n) is 4.80. The van der Waals surface area contributed by atoms with E-state index in [1.807, 2.05) is 29.1 Å². The fourth-order valence-corrected chi connectivity index (χ4v) is 2.13. The van der Waals surface area contributed by atoms with Crippen molar-refractivity contribution in [1.29, 1.82) is 0 Å². The number of benzene rings is 1. The fraction of sp³-hybridized carbons (Fsp3) is 0.400. The predicted molar refractivity (Wildman–Crippen MR) is 74.8 cm³/mol. The van der Waals surface area contributed by atoms with Crippen LogP contribution in [0.2, 0.25) is 0 Å². The van der Waals surface area contributed by atoms with Crippen LogP contribution in [0.25, 0.3) is 5.69 Å². The van der Waals surface area contributed by atoms with Crippen LogP contribution < -0.4 is 5.32 Å². The lowest BCUT2D eigenvalue weighted by Gasteiger charge is -2.19. The normalized spacial score (nSPS) is 12.9. The molecule has 1 unspecified atom stereocenters. The van der Waals surface area contributed by atoms with Crippen LogP contribution in [0.4, 0.5) is 0 Å². The van der Waals surface area contributed by atoms with Crippen molar-refractivity contribution in [3.63, 3.8) is 0 Å². The van der Waals surface area contributed by atoms with E-state index in [1.54, 1.807) is 0 Å². The number of hydrogen-bond acceptors (Lipinski definition) is 2. The van der Waals surface area contributed by atoms with Gasteiger partial charge in [0.05, 0.1) is 17.4 Å². The second kappa shape index (κ2) is 5.83. The summed E-state index contributed by atoms with van der Waals surface area (Å²) in [5, 5.41) is 8.16. The predicted octanol–water partition coefficient (Wildman–Crippen LogP) is 3.18. The highest BCUT2D eigenvalue weighted by molar-refractivity contribution is 5.30. The molecule has 0 aliphatic carbocycles. The molecule has 1 atom stereocenters. The minimum atomic E-state index is 0.319. The average Bonchev–Trinajstić information content (AvgIpc) is 2.86. The zero-order chi connectivity index (χ0) is 13.0. The maximum atomic E-state index is 4.67. The molecule has 1 aromatic heterocycles. The van der Waals surface area contributed by atoms with Gasteiger partial charge in [-0.1, -0.05) is 39.0 Å². The van der Waals surface area contributed by atoms with Gasteiger partial charge in [0.1, 0.15) is 0 Å². The number of rotatable bonds is 5. The summed E-state index contributed by atoms with van der Waals surface area (Å²) in [5.41, 5.74) is 2.21. The zero-order valence-corrected chi connectivity index (χ0v) is 11.3. The minimum absolute atomic E-state index is 0.319. The van der Waals surface area contributed by atoms with E-state index in [0.717, 1.165) is 17.9 Å². The van der Waals surface area contributed by atoms with Crippen LogP contribution in [0, 0.1) is 5.92 Å². The van der Waals surface area contributed by atoms with Crippen molar-refractivity contribution in [2.45, 2.75) is 26.8 Å². The summed E-state index contributed by atoms with van der Waals surface area (Å²) in [6, 6.07) is 12.6. The van der Waals surface area contributed by atoms with Gasteiger partial charge in [0, 0.05) is 6.20 Å². The molecule has 3 heteroatoms. The fourth-order valence-electron chi connectivity index (χ4n) is 2.13. The van der Waals surface area contributed by atoms with Crippen LogP contribution >= 0.6 is 0 Å². The number of nitrogens with one attached hydrogen (secondary N) is 1. The Labute approximate surface area is 109 Å². The van der Waals surface area contributed by atoms with Crippen LogP contribution in [0.5, 0.6) is 0 Å². The minimum Gasteiger partial charge on any atom is -0.309 e. The molecular weight excluding hydrogens is 222 g/mol. The molecule has 0 fully saturated rings. The molecule has 1 aromatic carbocycles. The van der Waals surface area contributed by atoms with Crippen LogP contribution in [0.3, 0.4) is 0 Å². The summed E-state index contributed by atoms with van der Waals surface area (Å²) < 4.78 is 1.93. The Hall–Kier alpha value is -1.61. The summed E-state index contributed by atoms with van der Waals surface area (Å²) >= 11 is 0. The van der Waals surface area contributed by atoms with Crippen molar-refractivity contribution >= 4 is 0 Å². The van der Waals surface area contributed by atoms with Crippen molar-refractivity contribution < 1.29 is 0 Å². The third-order valence-electron chi connectivity index (χ3n) is 3.04. The molecule has 0 radical (unpaired) electrons. The van der Waals surface area contributed by atoms with Gasteiger partial charge in [-0.15, -0.1) is 0 Å². The molecule has 0 saturated carbocycles. The van der Waals surface area contributed by atoms with E-state index in [0.29, 0.717) is 12.0 Å². The van der Waals surface area contributed by atoms with E-state index in [9.17, 15) is 0 Å². The Morgan fingerprint density at radius 3 is 2.50 bits per heavy atom. The first-order valence-electron chi connectivity index (χ1n) is 6.56. The Kier molecular flexibility index (Phi) is 4.15. The zero-order valence-electron chi connectivity index (χ0n) is 11.3. The second-order valence-corrected chi connectivity index (χ2v) is 4.80. The van der Waals surface area contributed by atoms with Crippen molar-refractivity contribution in [3.05, 3.63) is 48.3 Å². The third-order valence-corrected chi connectivity index (χ3v) is 3.04. The lowest BCUT2D eigenvalue weighted by atomic mass is 10.0. The first kappa shape index (κ1) is 12.8. The van der Waals surface area contributed by atoms with Gasteiger partial charge in [0.2, 0.25) is 0 Å². The van der Waals surface area contributed by atoms with Crippen LogP contribution in [-0.2, 0) is 0 Å². The quantitative estimate of drug-likeness (QED) is 0.874. The smallest absolute Gasteiger partial charge is 0.0801 e. The van der Waals surface area contributed by atoms with Crippen LogP contribution in [0.1, 0.15) is 32.5 Å². The highest BCUT2D eigenvalue weighted by Crippen LogP contribution is 2.20. The molecule has 1 N–H and O–H groups in total. The largest absolute Gasteiger partial charge is 0.309 e. The van der Waals surface area contributed by atoms with Gasteiger partial charge < -0.3 is 5.32 Å². The Bertz CT molecular complexity index is 473. The van der Waals surface area contributed by atoms with Crippen molar-refractivity contribution in [2.75, 3.05) is 6.54 Å². The van der Waals surface area contributed by atoms with Gasteiger partial charge in [0.15, 0.2) is 0 Å². The Morgan fingerprint density at radius 1 is 1.17 bits per heavy atom. The van der Waals surface area contributed by atoms with Gasteiger partial charge in [-0.2, -0.15) is 5.10 Å². The maximum absolute atomic E-state index is 4.67. The number of aromatic nitrogens is 2. The molecule has 2 aromatic rings. The molecule has 1 heterocycles. The number of nitrogens with zero attached hydrogens (tertiary/aromatic N) is 2. The molecule has 0 aliphatic rings. The van der Waals surface area contributed by atoms with Gasteiger partial charge in [-0.05, 0) is 30.7 Å². The first-order chi connectivity index (χ1) is 8.72. The summed E-state index contributed by atoms with van der Waals surface area (Å²) in [5.74, 6) is 0.532. The summed E-state index contributed by atoms with van der Waals surface area (Å²) in [7, 11) is 0. The van der Waals surface area contributed by atoms with Crippen molar-refractivity contribution in [2.24, 2.45) is 5.92 Å². The van der Waals surface area contributed by atoms with Crippen molar-refractivity contribution in [3.8, 4) is 5.69 Å². The van der Waals surface area contributed by atoms with Crippen LogP contribution in [-0.4, -0.2) is 16.3 Å². The standard InChI is InChI=1S/C15H21N3/c1-4-16-15(12(2)3)14-10-11-18(17-14)13-8-6-5-7-9-13/h5-12,15-16H,4H2,1-3H3. The van der Waals surface area contributed by atoms with E-state index in [4.69, 9.17) is 0 Å². The Balaban J connectivity index is 2.24. The molecule has 0 amide bonds. The maximum Gasteiger partial charge on any atom is 0.0801 e. The van der Waals surface area contributed by atoms with E-state index in [1.165, 1.54) is 0 Å². The topological polar surface area (TPSA) is 29.9 Å².